The molecule has 0 radical (unpaired) electrons. The molecule has 0 spiro atoms. The second-order valence-corrected chi connectivity index (χ2v) is 11.3. The first kappa shape index (κ1) is 18.4. The summed E-state index contributed by atoms with van der Waals surface area (Å²) in [6.45, 7) is 1.92. The first-order valence-electron chi connectivity index (χ1n) is 9.24. The number of rotatable bonds is 4. The Kier molecular flexibility index (Phi) is 4.85. The molecule has 0 aromatic heterocycles. The van der Waals surface area contributed by atoms with E-state index in [1.807, 2.05) is 0 Å². The molecule has 1 N–H and O–H groups in total. The van der Waals surface area contributed by atoms with E-state index in [1.165, 1.54) is 32.9 Å². The van der Waals surface area contributed by atoms with E-state index in [1.54, 1.807) is 0 Å². The van der Waals surface area contributed by atoms with Crippen LogP contribution in [0.25, 0.3) is 0 Å². The van der Waals surface area contributed by atoms with Crippen molar-refractivity contribution in [1.82, 2.24) is 13.9 Å². The van der Waals surface area contributed by atoms with Crippen LogP contribution >= 0.6 is 0 Å². The number of benzene rings is 1. The molecule has 3 aliphatic rings. The zero-order valence-corrected chi connectivity index (χ0v) is 16.3. The monoisotopic (exact) mass is 399 g/mol. The van der Waals surface area contributed by atoms with E-state index >= 15 is 0 Å². The Labute approximate surface area is 155 Å². The minimum absolute atomic E-state index is 0.0648. The molecular weight excluding hydrogens is 374 g/mol. The minimum Gasteiger partial charge on any atom is -0.310 e. The Morgan fingerprint density at radius 1 is 0.808 bits per heavy atom. The molecule has 3 aliphatic heterocycles. The first-order chi connectivity index (χ1) is 12.4. The quantitative estimate of drug-likeness (QED) is 0.816. The van der Waals surface area contributed by atoms with E-state index in [0.717, 1.165) is 32.1 Å². The van der Waals surface area contributed by atoms with Gasteiger partial charge < -0.3 is 5.32 Å². The van der Waals surface area contributed by atoms with Gasteiger partial charge in [-0.15, -0.1) is 0 Å². The molecule has 3 fully saturated rings. The van der Waals surface area contributed by atoms with E-state index in [2.05, 4.69) is 5.32 Å². The van der Waals surface area contributed by atoms with Crippen molar-refractivity contribution in [2.45, 2.75) is 54.0 Å². The summed E-state index contributed by atoms with van der Waals surface area (Å²) in [7, 11) is -7.33. The van der Waals surface area contributed by atoms with Gasteiger partial charge in [0.15, 0.2) is 0 Å². The lowest BCUT2D eigenvalue weighted by atomic mass is 10.1. The second-order valence-electron chi connectivity index (χ2n) is 7.38. The van der Waals surface area contributed by atoms with Gasteiger partial charge in [-0.1, -0.05) is 6.07 Å². The lowest BCUT2D eigenvalue weighted by Crippen LogP contribution is -2.39. The lowest BCUT2D eigenvalue weighted by molar-refractivity contribution is 0.383. The van der Waals surface area contributed by atoms with Crippen LogP contribution in [0.4, 0.5) is 0 Å². The molecule has 7 nitrogen and oxygen atoms in total. The van der Waals surface area contributed by atoms with Gasteiger partial charge in [0.25, 0.3) is 0 Å². The third-order valence-corrected chi connectivity index (χ3v) is 9.39. The van der Waals surface area contributed by atoms with Gasteiger partial charge in [0.05, 0.1) is 9.79 Å². The number of hydrogen-bond acceptors (Lipinski definition) is 5. The van der Waals surface area contributed by atoms with Crippen LogP contribution in [0.15, 0.2) is 34.1 Å². The fourth-order valence-electron chi connectivity index (χ4n) is 4.15. The summed E-state index contributed by atoms with van der Waals surface area (Å²) in [4.78, 5) is 0.130. The van der Waals surface area contributed by atoms with Gasteiger partial charge in [-0.2, -0.15) is 8.61 Å². The maximum atomic E-state index is 13.1. The standard InChI is InChI=1S/C17H25N3O4S2/c21-25(22,19-9-1-2-10-19)16-4-3-5-17(12-16)26(23,24)20-11-8-14-6-7-15(13-20)18-14/h3-5,12,14-15,18H,1-2,6-11,13H2. The van der Waals surface area contributed by atoms with E-state index in [0.29, 0.717) is 32.2 Å². The zero-order chi connectivity index (χ0) is 18.4. The molecule has 2 unspecified atom stereocenters. The van der Waals surface area contributed by atoms with Crippen LogP contribution < -0.4 is 5.32 Å². The van der Waals surface area contributed by atoms with Crippen molar-refractivity contribution in [3.8, 4) is 0 Å². The van der Waals surface area contributed by atoms with Crippen molar-refractivity contribution < 1.29 is 16.8 Å². The summed E-state index contributed by atoms with van der Waals surface area (Å²) >= 11 is 0. The van der Waals surface area contributed by atoms with E-state index in [4.69, 9.17) is 0 Å². The molecule has 26 heavy (non-hydrogen) atoms. The van der Waals surface area contributed by atoms with E-state index in [-0.39, 0.29) is 15.8 Å². The highest BCUT2D eigenvalue weighted by molar-refractivity contribution is 7.90. The van der Waals surface area contributed by atoms with Gasteiger partial charge in [-0.05, 0) is 50.3 Å². The topological polar surface area (TPSA) is 86.8 Å². The van der Waals surface area contributed by atoms with Gasteiger partial charge in [0.1, 0.15) is 0 Å². The molecule has 0 aliphatic carbocycles. The Morgan fingerprint density at radius 3 is 2.12 bits per heavy atom. The number of sulfonamides is 2. The Morgan fingerprint density at radius 2 is 1.42 bits per heavy atom. The smallest absolute Gasteiger partial charge is 0.243 e. The largest absolute Gasteiger partial charge is 0.310 e. The second kappa shape index (κ2) is 6.87. The third-order valence-electron chi connectivity index (χ3n) is 5.63. The predicted octanol–water partition coefficient (Wildman–Crippen LogP) is 0.986. The van der Waals surface area contributed by atoms with Gasteiger partial charge >= 0.3 is 0 Å². The zero-order valence-electron chi connectivity index (χ0n) is 14.7. The maximum absolute atomic E-state index is 13.1. The molecule has 2 atom stereocenters. The van der Waals surface area contributed by atoms with Crippen molar-refractivity contribution in [3.63, 3.8) is 0 Å². The van der Waals surface area contributed by atoms with Crippen LogP contribution in [0.5, 0.6) is 0 Å². The Hall–Kier alpha value is -1.00. The Bertz CT molecular complexity index is 879. The normalized spacial score (nSPS) is 28.3. The Balaban J connectivity index is 1.63. The molecule has 1 aromatic rings. The molecule has 1 aromatic carbocycles. The first-order valence-corrected chi connectivity index (χ1v) is 12.1. The van der Waals surface area contributed by atoms with Gasteiger partial charge in [0, 0.05) is 38.3 Å². The molecule has 3 heterocycles. The highest BCUT2D eigenvalue weighted by Crippen LogP contribution is 2.27. The summed E-state index contributed by atoms with van der Waals surface area (Å²) in [5.41, 5.74) is 0. The summed E-state index contributed by atoms with van der Waals surface area (Å²) in [5.74, 6) is 0. The average Bonchev–Trinajstić information content (AvgIpc) is 3.25. The van der Waals surface area contributed by atoms with Gasteiger partial charge in [-0.3, -0.25) is 0 Å². The molecule has 144 valence electrons. The fourth-order valence-corrected chi connectivity index (χ4v) is 7.34. The van der Waals surface area contributed by atoms with Crippen LogP contribution in [0.3, 0.4) is 0 Å². The molecule has 4 rings (SSSR count). The van der Waals surface area contributed by atoms with E-state index in [9.17, 15) is 16.8 Å². The molecule has 2 bridgehead atoms. The highest BCUT2D eigenvalue weighted by atomic mass is 32.2. The van der Waals surface area contributed by atoms with Crippen molar-refractivity contribution in [3.05, 3.63) is 24.3 Å². The van der Waals surface area contributed by atoms with Crippen LogP contribution in [0.2, 0.25) is 0 Å². The van der Waals surface area contributed by atoms with Crippen LogP contribution in [-0.4, -0.2) is 63.7 Å². The molecule has 9 heteroatoms. The summed E-state index contributed by atoms with van der Waals surface area (Å²) < 4.78 is 54.7. The van der Waals surface area contributed by atoms with Crippen LogP contribution in [0, 0.1) is 0 Å². The fraction of sp³-hybridized carbons (Fsp3) is 0.647. The SMILES string of the molecule is O=S(=O)(c1cccc(S(=O)(=O)N2CCC3CCC(C2)N3)c1)N1CCCC1. The summed E-state index contributed by atoms with van der Waals surface area (Å²) in [6.07, 6.45) is 4.57. The minimum atomic E-state index is -3.70. The number of nitrogens with zero attached hydrogens (tertiary/aromatic N) is 2. The third kappa shape index (κ3) is 3.31. The molecule has 0 amide bonds. The van der Waals surface area contributed by atoms with Crippen molar-refractivity contribution in [2.24, 2.45) is 0 Å². The molecule has 0 saturated carbocycles. The highest BCUT2D eigenvalue weighted by Gasteiger charge is 2.35. The lowest BCUT2D eigenvalue weighted by Gasteiger charge is -2.24. The average molecular weight is 400 g/mol. The number of fused-ring (bicyclic) bond motifs is 2. The van der Waals surface area contributed by atoms with E-state index < -0.39 is 20.0 Å². The van der Waals surface area contributed by atoms with Gasteiger partial charge in [-0.25, -0.2) is 16.8 Å². The van der Waals surface area contributed by atoms with Gasteiger partial charge in [0.2, 0.25) is 20.0 Å². The summed E-state index contributed by atoms with van der Waals surface area (Å²) in [5, 5.41) is 3.47. The van der Waals surface area contributed by atoms with Crippen LogP contribution in [-0.2, 0) is 20.0 Å². The summed E-state index contributed by atoms with van der Waals surface area (Å²) in [6, 6.07) is 6.40. The molecule has 3 saturated heterocycles. The van der Waals surface area contributed by atoms with Crippen LogP contribution in [0.1, 0.15) is 32.1 Å². The predicted molar refractivity (Wildman–Crippen MR) is 97.8 cm³/mol. The van der Waals surface area contributed by atoms with Crippen molar-refractivity contribution in [1.29, 1.82) is 0 Å². The van der Waals surface area contributed by atoms with Crippen molar-refractivity contribution in [2.75, 3.05) is 26.2 Å². The molecular formula is C17H25N3O4S2. The number of hydrogen-bond donors (Lipinski definition) is 1. The van der Waals surface area contributed by atoms with Crippen molar-refractivity contribution >= 4 is 20.0 Å². The maximum Gasteiger partial charge on any atom is 0.243 e. The number of nitrogens with one attached hydrogen (secondary N) is 1.